The van der Waals surface area contributed by atoms with Gasteiger partial charge in [-0.25, -0.2) is 9.07 Å². The van der Waals surface area contributed by atoms with Crippen molar-refractivity contribution in [3.8, 4) is 5.75 Å². The van der Waals surface area contributed by atoms with E-state index in [1.165, 1.54) is 28.6 Å². The number of hydrogen-bond acceptors (Lipinski definition) is 6. The molecule has 7 nitrogen and oxygen atoms in total. The smallest absolute Gasteiger partial charge is 0.230 e. The summed E-state index contributed by atoms with van der Waals surface area (Å²) < 4.78 is 20.3. The Hall–Kier alpha value is -3.07. The molecule has 3 aromatic rings. The van der Waals surface area contributed by atoms with E-state index in [-0.39, 0.29) is 30.1 Å². The Kier molecular flexibility index (Phi) is 7.88. The molecule has 0 fully saturated rings. The number of nitrogen functional groups attached to an aromatic ring is 1. The Labute approximate surface area is 185 Å². The molecule has 0 radical (unpaired) electrons. The third-order valence-corrected chi connectivity index (χ3v) is 5.45. The molecular formula is C22H26FN5O2S. The molecule has 2 aromatic carbocycles. The molecular weight excluding hydrogens is 417 g/mol. The van der Waals surface area contributed by atoms with Gasteiger partial charge in [0, 0.05) is 0 Å². The summed E-state index contributed by atoms with van der Waals surface area (Å²) in [5.41, 5.74) is 1.07. The molecule has 3 N–H and O–H groups in total. The number of para-hydroxylation sites is 1. The second-order valence-electron chi connectivity index (χ2n) is 7.44. The first-order valence-electron chi connectivity index (χ1n) is 9.98. The minimum Gasteiger partial charge on any atom is -0.482 e. The fourth-order valence-corrected chi connectivity index (χ4v) is 3.70. The zero-order valence-electron chi connectivity index (χ0n) is 17.5. The van der Waals surface area contributed by atoms with Gasteiger partial charge in [-0.15, -0.1) is 10.2 Å². The summed E-state index contributed by atoms with van der Waals surface area (Å²) in [5, 5.41) is 11.4. The molecule has 0 bridgehead atoms. The first-order chi connectivity index (χ1) is 14.9. The number of nitrogens with one attached hydrogen (secondary N) is 1. The Morgan fingerprint density at radius 3 is 2.58 bits per heavy atom. The molecule has 0 aliphatic heterocycles. The Morgan fingerprint density at radius 2 is 1.87 bits per heavy atom. The number of nitrogens with two attached hydrogens (primary N) is 1. The van der Waals surface area contributed by atoms with Gasteiger partial charge in [0.25, 0.3) is 0 Å². The highest BCUT2D eigenvalue weighted by Crippen LogP contribution is 2.22. The number of thioether (sulfide) groups is 1. The van der Waals surface area contributed by atoms with Crippen LogP contribution in [0.3, 0.4) is 0 Å². The van der Waals surface area contributed by atoms with Gasteiger partial charge in [0.2, 0.25) is 11.1 Å². The third-order valence-electron chi connectivity index (χ3n) is 4.51. The molecule has 1 unspecified atom stereocenters. The average Bonchev–Trinajstić information content (AvgIpc) is 3.11. The number of carbonyl (C=O) groups is 1. The summed E-state index contributed by atoms with van der Waals surface area (Å²) >= 11 is 1.18. The molecule has 31 heavy (non-hydrogen) atoms. The van der Waals surface area contributed by atoms with Crippen molar-refractivity contribution in [1.82, 2.24) is 20.2 Å². The number of benzene rings is 2. The topological polar surface area (TPSA) is 95.1 Å². The number of rotatable bonds is 10. The van der Waals surface area contributed by atoms with Crippen molar-refractivity contribution < 1.29 is 13.9 Å². The molecule has 9 heteroatoms. The molecule has 1 amide bonds. The van der Waals surface area contributed by atoms with Crippen molar-refractivity contribution in [2.45, 2.75) is 38.1 Å². The lowest BCUT2D eigenvalue weighted by Crippen LogP contribution is -2.31. The van der Waals surface area contributed by atoms with Gasteiger partial charge in [0.1, 0.15) is 6.61 Å². The maximum Gasteiger partial charge on any atom is 0.230 e. The molecule has 0 aliphatic rings. The van der Waals surface area contributed by atoms with E-state index in [9.17, 15) is 9.18 Å². The molecule has 0 saturated heterocycles. The van der Waals surface area contributed by atoms with Gasteiger partial charge in [-0.1, -0.05) is 68.1 Å². The molecule has 1 aromatic heterocycles. The summed E-state index contributed by atoms with van der Waals surface area (Å²) in [6.07, 6.45) is 0.838. The minimum absolute atomic E-state index is 0.0400. The zero-order chi connectivity index (χ0) is 22.2. The first-order valence-corrected chi connectivity index (χ1v) is 11.0. The highest BCUT2D eigenvalue weighted by molar-refractivity contribution is 7.99. The van der Waals surface area contributed by atoms with Crippen LogP contribution in [0.15, 0.2) is 59.8 Å². The van der Waals surface area contributed by atoms with Gasteiger partial charge < -0.3 is 15.9 Å². The van der Waals surface area contributed by atoms with E-state index >= 15 is 0 Å². The maximum atomic E-state index is 13.7. The highest BCUT2D eigenvalue weighted by Gasteiger charge is 2.18. The lowest BCUT2D eigenvalue weighted by molar-refractivity contribution is -0.119. The van der Waals surface area contributed by atoms with Crippen LogP contribution >= 0.6 is 11.8 Å². The minimum atomic E-state index is -0.466. The standard InChI is InChI=1S/C22H26FN5O2S/c1-15(2)12-18(16-8-4-3-5-9-16)25-21(29)14-31-22-27-26-20(28(22)24)13-30-19-11-7-6-10-17(19)23/h3-11,15,18H,12-14,24H2,1-2H3,(H,25,29). The fraction of sp³-hybridized carbons (Fsp3) is 0.318. The Bertz CT molecular complexity index is 997. The predicted octanol–water partition coefficient (Wildman–Crippen LogP) is 3.71. The number of aromatic nitrogens is 3. The predicted molar refractivity (Wildman–Crippen MR) is 118 cm³/mol. The number of nitrogens with zero attached hydrogens (tertiary/aromatic N) is 3. The van der Waals surface area contributed by atoms with E-state index in [0.717, 1.165) is 12.0 Å². The van der Waals surface area contributed by atoms with E-state index in [1.54, 1.807) is 12.1 Å². The lowest BCUT2D eigenvalue weighted by Gasteiger charge is -2.21. The van der Waals surface area contributed by atoms with Crippen LogP contribution < -0.4 is 15.9 Å². The number of carbonyl (C=O) groups excluding carboxylic acids is 1. The van der Waals surface area contributed by atoms with Gasteiger partial charge in [-0.2, -0.15) is 0 Å². The van der Waals surface area contributed by atoms with Crippen LogP contribution in [0.1, 0.15) is 37.7 Å². The van der Waals surface area contributed by atoms with Crippen molar-refractivity contribution in [2.75, 3.05) is 11.6 Å². The van der Waals surface area contributed by atoms with Crippen molar-refractivity contribution in [1.29, 1.82) is 0 Å². The van der Waals surface area contributed by atoms with Crippen molar-refractivity contribution in [3.63, 3.8) is 0 Å². The van der Waals surface area contributed by atoms with Gasteiger partial charge in [-0.3, -0.25) is 4.79 Å². The van der Waals surface area contributed by atoms with Crippen LogP contribution in [0.5, 0.6) is 5.75 Å². The van der Waals surface area contributed by atoms with Crippen molar-refractivity contribution >= 4 is 17.7 Å². The maximum absolute atomic E-state index is 13.7. The lowest BCUT2D eigenvalue weighted by atomic mass is 9.97. The van der Waals surface area contributed by atoms with Crippen LogP contribution in [0, 0.1) is 11.7 Å². The van der Waals surface area contributed by atoms with Crippen LogP contribution in [0.4, 0.5) is 4.39 Å². The molecule has 0 aliphatic carbocycles. The number of halogens is 1. The van der Waals surface area contributed by atoms with E-state index < -0.39 is 5.82 Å². The van der Waals surface area contributed by atoms with Crippen LogP contribution in [-0.4, -0.2) is 26.5 Å². The van der Waals surface area contributed by atoms with Crippen molar-refractivity contribution in [2.24, 2.45) is 5.92 Å². The normalized spacial score (nSPS) is 12.0. The molecule has 1 heterocycles. The second-order valence-corrected chi connectivity index (χ2v) is 8.38. The van der Waals surface area contributed by atoms with Gasteiger partial charge in [-0.05, 0) is 30.0 Å². The molecule has 0 spiro atoms. The number of amides is 1. The van der Waals surface area contributed by atoms with Gasteiger partial charge in [0.15, 0.2) is 17.4 Å². The van der Waals surface area contributed by atoms with Crippen molar-refractivity contribution in [3.05, 3.63) is 71.8 Å². The summed E-state index contributed by atoms with van der Waals surface area (Å²) in [5.74, 6) is 6.44. The number of hydrogen-bond donors (Lipinski definition) is 2. The second kappa shape index (κ2) is 10.8. The largest absolute Gasteiger partial charge is 0.482 e. The van der Waals surface area contributed by atoms with E-state index in [2.05, 4.69) is 29.4 Å². The van der Waals surface area contributed by atoms with Gasteiger partial charge in [0.05, 0.1) is 11.8 Å². The molecule has 164 valence electrons. The summed E-state index contributed by atoms with van der Waals surface area (Å²) in [7, 11) is 0. The summed E-state index contributed by atoms with van der Waals surface area (Å²) in [6, 6.07) is 15.9. The Balaban J connectivity index is 1.55. The zero-order valence-corrected chi connectivity index (χ0v) is 18.3. The van der Waals surface area contributed by atoms with Gasteiger partial charge >= 0.3 is 0 Å². The van der Waals surface area contributed by atoms with Crippen LogP contribution in [-0.2, 0) is 11.4 Å². The van der Waals surface area contributed by atoms with Crippen LogP contribution in [0.2, 0.25) is 0 Å². The first kappa shape index (κ1) is 22.6. The molecule has 0 saturated carbocycles. The highest BCUT2D eigenvalue weighted by atomic mass is 32.2. The summed E-state index contributed by atoms with van der Waals surface area (Å²) in [4.78, 5) is 12.6. The van der Waals surface area contributed by atoms with E-state index in [1.807, 2.05) is 30.3 Å². The molecule has 1 atom stereocenters. The summed E-state index contributed by atoms with van der Waals surface area (Å²) in [6.45, 7) is 4.21. The van der Waals surface area contributed by atoms with Crippen LogP contribution in [0.25, 0.3) is 0 Å². The average molecular weight is 444 g/mol. The van der Waals surface area contributed by atoms with E-state index in [0.29, 0.717) is 16.9 Å². The van der Waals surface area contributed by atoms with E-state index in [4.69, 9.17) is 10.6 Å². The SMILES string of the molecule is CC(C)CC(NC(=O)CSc1nnc(COc2ccccc2F)n1N)c1ccccc1. The number of ether oxygens (including phenoxy) is 1. The quantitative estimate of drug-likeness (QED) is 0.366. The monoisotopic (exact) mass is 443 g/mol. The Morgan fingerprint density at radius 1 is 1.16 bits per heavy atom. The third kappa shape index (κ3) is 6.45. The fourth-order valence-electron chi connectivity index (χ4n) is 3.01. The molecule has 3 rings (SSSR count).